The van der Waals surface area contributed by atoms with Gasteiger partial charge in [0, 0.05) is 19.9 Å². The van der Waals surface area contributed by atoms with E-state index in [1.165, 1.54) is 12.8 Å². The monoisotopic (exact) mass is 279 g/mol. The maximum absolute atomic E-state index is 6.29. The van der Waals surface area contributed by atoms with Crippen molar-refractivity contribution in [2.75, 3.05) is 13.2 Å². The van der Waals surface area contributed by atoms with Crippen molar-refractivity contribution in [2.24, 2.45) is 13.0 Å². The number of rotatable bonds is 6. The fraction of sp³-hybridized carbons (Fsp3) is 0.812. The summed E-state index contributed by atoms with van der Waals surface area (Å²) in [4.78, 5) is 0. The van der Waals surface area contributed by atoms with Crippen LogP contribution >= 0.6 is 0 Å². The van der Waals surface area contributed by atoms with Crippen molar-refractivity contribution in [3.8, 4) is 0 Å². The van der Waals surface area contributed by atoms with Gasteiger partial charge in [-0.2, -0.15) is 5.10 Å². The number of nitrogens with zero attached hydrogens (tertiary/aromatic N) is 2. The van der Waals surface area contributed by atoms with E-state index in [2.05, 4.69) is 37.3 Å². The normalized spacial score (nSPS) is 28.5. The smallest absolute Gasteiger partial charge is 0.0892 e. The molecule has 1 saturated carbocycles. The predicted octanol–water partition coefficient (Wildman–Crippen LogP) is 3.06. The molecule has 4 heteroatoms. The second kappa shape index (κ2) is 6.72. The average molecular weight is 279 g/mol. The first-order valence-corrected chi connectivity index (χ1v) is 7.98. The van der Waals surface area contributed by atoms with Gasteiger partial charge in [0.05, 0.1) is 17.3 Å². The van der Waals surface area contributed by atoms with Gasteiger partial charge in [0.2, 0.25) is 0 Å². The van der Waals surface area contributed by atoms with Gasteiger partial charge < -0.3 is 10.1 Å². The van der Waals surface area contributed by atoms with Gasteiger partial charge in [-0.1, -0.05) is 13.8 Å². The zero-order chi connectivity index (χ0) is 14.6. The summed E-state index contributed by atoms with van der Waals surface area (Å²) in [5, 5.41) is 8.25. The van der Waals surface area contributed by atoms with Crippen molar-refractivity contribution < 1.29 is 4.74 Å². The highest BCUT2D eigenvalue weighted by molar-refractivity contribution is 5.13. The Hall–Kier alpha value is -0.870. The second-order valence-corrected chi connectivity index (χ2v) is 6.09. The number of hydrogen-bond acceptors (Lipinski definition) is 3. The zero-order valence-electron chi connectivity index (χ0n) is 13.4. The lowest BCUT2D eigenvalue weighted by atomic mass is 9.74. The SMILES string of the molecule is CCNC(c1ccn(C)n1)C1(OCC)CCC(C)CC1. The van der Waals surface area contributed by atoms with Crippen molar-refractivity contribution in [2.45, 2.75) is 58.1 Å². The molecule has 1 aliphatic carbocycles. The standard InChI is InChI=1S/C16H29N3O/c1-5-17-15(14-9-12-19(4)18-14)16(20-6-2)10-7-13(3)8-11-16/h9,12-13,15,17H,5-8,10-11H2,1-4H3. The minimum Gasteiger partial charge on any atom is -0.373 e. The van der Waals surface area contributed by atoms with E-state index in [0.29, 0.717) is 0 Å². The molecule has 4 nitrogen and oxygen atoms in total. The molecule has 0 aliphatic heterocycles. The van der Waals surface area contributed by atoms with Gasteiger partial charge in [-0.05, 0) is 51.1 Å². The predicted molar refractivity (Wildman–Crippen MR) is 81.6 cm³/mol. The molecule has 0 spiro atoms. The minimum absolute atomic E-state index is 0.0916. The van der Waals surface area contributed by atoms with Crippen LogP contribution in [0.1, 0.15) is 58.2 Å². The Morgan fingerprint density at radius 3 is 2.65 bits per heavy atom. The molecule has 0 radical (unpaired) electrons. The Kier molecular flexibility index (Phi) is 5.22. The molecule has 1 aliphatic rings. The molecule has 1 aromatic rings. The second-order valence-electron chi connectivity index (χ2n) is 6.09. The molecular formula is C16H29N3O. The summed E-state index contributed by atoms with van der Waals surface area (Å²) in [5.41, 5.74) is 1.02. The summed E-state index contributed by atoms with van der Waals surface area (Å²) in [6.07, 6.45) is 6.75. The Labute approximate surface area is 122 Å². The summed E-state index contributed by atoms with van der Waals surface area (Å²) >= 11 is 0. The summed E-state index contributed by atoms with van der Waals surface area (Å²) < 4.78 is 8.17. The molecule has 1 fully saturated rings. The third-order valence-electron chi connectivity index (χ3n) is 4.52. The molecule has 2 rings (SSSR count). The molecule has 114 valence electrons. The number of ether oxygens (including phenoxy) is 1. The van der Waals surface area contributed by atoms with Gasteiger partial charge in [0.25, 0.3) is 0 Å². The van der Waals surface area contributed by atoms with E-state index in [0.717, 1.165) is 37.6 Å². The molecule has 1 aromatic heterocycles. The van der Waals surface area contributed by atoms with Crippen LogP contribution in [0.15, 0.2) is 12.3 Å². The van der Waals surface area contributed by atoms with Crippen LogP contribution < -0.4 is 5.32 Å². The molecule has 0 bridgehead atoms. The summed E-state index contributed by atoms with van der Waals surface area (Å²) in [7, 11) is 1.98. The van der Waals surface area contributed by atoms with Gasteiger partial charge >= 0.3 is 0 Å². The molecule has 0 amide bonds. The van der Waals surface area contributed by atoms with Crippen LogP contribution in [0.25, 0.3) is 0 Å². The van der Waals surface area contributed by atoms with Crippen molar-refractivity contribution in [1.29, 1.82) is 0 Å². The lowest BCUT2D eigenvalue weighted by Crippen LogP contribution is -2.48. The van der Waals surface area contributed by atoms with Crippen LogP contribution in [0.3, 0.4) is 0 Å². The first-order valence-electron chi connectivity index (χ1n) is 7.98. The molecular weight excluding hydrogens is 250 g/mol. The van der Waals surface area contributed by atoms with Gasteiger partial charge in [-0.25, -0.2) is 0 Å². The number of aromatic nitrogens is 2. The highest BCUT2D eigenvalue weighted by Gasteiger charge is 2.43. The third-order valence-corrected chi connectivity index (χ3v) is 4.52. The van der Waals surface area contributed by atoms with Crippen molar-refractivity contribution in [1.82, 2.24) is 15.1 Å². The fourth-order valence-electron chi connectivity index (χ4n) is 3.41. The van der Waals surface area contributed by atoms with Crippen molar-refractivity contribution >= 4 is 0 Å². The number of hydrogen-bond donors (Lipinski definition) is 1. The van der Waals surface area contributed by atoms with E-state index in [1.807, 2.05) is 17.9 Å². The maximum atomic E-state index is 6.29. The first-order chi connectivity index (χ1) is 9.61. The van der Waals surface area contributed by atoms with Gasteiger partial charge in [-0.15, -0.1) is 0 Å². The highest BCUT2D eigenvalue weighted by Crippen LogP contribution is 2.42. The van der Waals surface area contributed by atoms with Crippen LogP contribution in [0, 0.1) is 5.92 Å². The van der Waals surface area contributed by atoms with E-state index in [-0.39, 0.29) is 11.6 Å². The first kappa shape index (κ1) is 15.5. The number of nitrogens with one attached hydrogen (secondary N) is 1. The summed E-state index contributed by atoms with van der Waals surface area (Å²) in [6, 6.07) is 2.31. The summed E-state index contributed by atoms with van der Waals surface area (Å²) in [5.74, 6) is 0.814. The van der Waals surface area contributed by atoms with Crippen molar-refractivity contribution in [3.05, 3.63) is 18.0 Å². The topological polar surface area (TPSA) is 39.1 Å². The molecule has 1 N–H and O–H groups in total. The Bertz CT molecular complexity index is 408. The Morgan fingerprint density at radius 2 is 2.15 bits per heavy atom. The van der Waals surface area contributed by atoms with Crippen LogP contribution in [-0.4, -0.2) is 28.5 Å². The van der Waals surface area contributed by atoms with E-state index >= 15 is 0 Å². The highest BCUT2D eigenvalue weighted by atomic mass is 16.5. The fourth-order valence-corrected chi connectivity index (χ4v) is 3.41. The lowest BCUT2D eigenvalue weighted by molar-refractivity contribution is -0.0982. The average Bonchev–Trinajstić information content (AvgIpc) is 2.85. The molecule has 1 unspecified atom stereocenters. The largest absolute Gasteiger partial charge is 0.373 e. The van der Waals surface area contributed by atoms with Crippen molar-refractivity contribution in [3.63, 3.8) is 0 Å². The van der Waals surface area contributed by atoms with Gasteiger partial charge in [0.15, 0.2) is 0 Å². The molecule has 0 aromatic carbocycles. The molecule has 20 heavy (non-hydrogen) atoms. The Morgan fingerprint density at radius 1 is 1.45 bits per heavy atom. The Balaban J connectivity index is 2.27. The van der Waals surface area contributed by atoms with Crippen LogP contribution in [0.2, 0.25) is 0 Å². The quantitative estimate of drug-likeness (QED) is 0.870. The zero-order valence-corrected chi connectivity index (χ0v) is 13.4. The molecule has 0 saturated heterocycles. The molecule has 1 heterocycles. The van der Waals surface area contributed by atoms with E-state index in [1.54, 1.807) is 0 Å². The van der Waals surface area contributed by atoms with Crippen LogP contribution in [-0.2, 0) is 11.8 Å². The van der Waals surface area contributed by atoms with Crippen LogP contribution in [0.5, 0.6) is 0 Å². The molecule has 1 atom stereocenters. The van der Waals surface area contributed by atoms with Crippen LogP contribution in [0.4, 0.5) is 0 Å². The van der Waals surface area contributed by atoms with Gasteiger partial charge in [-0.3, -0.25) is 4.68 Å². The number of aryl methyl sites for hydroxylation is 1. The van der Waals surface area contributed by atoms with E-state index in [4.69, 9.17) is 4.74 Å². The lowest BCUT2D eigenvalue weighted by Gasteiger charge is -2.44. The minimum atomic E-state index is -0.0916. The van der Waals surface area contributed by atoms with E-state index in [9.17, 15) is 0 Å². The summed E-state index contributed by atoms with van der Waals surface area (Å²) in [6.45, 7) is 8.30. The van der Waals surface area contributed by atoms with Gasteiger partial charge in [0.1, 0.15) is 0 Å². The number of likely N-dealkylation sites (N-methyl/N-ethyl adjacent to an activating group) is 1. The maximum Gasteiger partial charge on any atom is 0.0892 e. The third kappa shape index (κ3) is 3.23. The van der Waals surface area contributed by atoms with E-state index < -0.39 is 0 Å².